The van der Waals surface area contributed by atoms with Gasteiger partial charge in [-0.1, -0.05) is 27.2 Å². The number of hydrogen-bond donors (Lipinski definition) is 1. The highest BCUT2D eigenvalue weighted by Crippen LogP contribution is 2.26. The zero-order valence-corrected chi connectivity index (χ0v) is 8.77. The Morgan fingerprint density at radius 3 is 2.75 bits per heavy atom. The van der Waals surface area contributed by atoms with E-state index >= 15 is 0 Å². The van der Waals surface area contributed by atoms with E-state index in [1.165, 1.54) is 32.2 Å². The maximum Gasteiger partial charge on any atom is 0.00976 e. The molecule has 1 aliphatic heterocycles. The molecule has 0 bridgehead atoms. The Morgan fingerprint density at radius 2 is 2.17 bits per heavy atom. The molecule has 0 amide bonds. The molecule has 1 saturated heterocycles. The minimum absolute atomic E-state index is 0.809. The SMILES string of the molecule is CCCC1NCCCC1C(C)C. The third-order valence-corrected chi connectivity index (χ3v) is 3.09. The molecule has 0 radical (unpaired) electrons. The van der Waals surface area contributed by atoms with Crippen LogP contribution in [0.2, 0.25) is 0 Å². The standard InChI is InChI=1S/C11H23N/c1-4-6-11-10(9(2)3)7-5-8-12-11/h9-12H,4-8H2,1-3H3. The Labute approximate surface area is 76.9 Å². The summed E-state index contributed by atoms with van der Waals surface area (Å²) in [7, 11) is 0. The fraction of sp³-hybridized carbons (Fsp3) is 1.00. The molecular formula is C11H23N. The highest BCUT2D eigenvalue weighted by Gasteiger charge is 2.25. The fourth-order valence-electron chi connectivity index (χ4n) is 2.40. The van der Waals surface area contributed by atoms with Crippen LogP contribution in [0.1, 0.15) is 46.5 Å². The molecule has 0 aromatic heterocycles. The van der Waals surface area contributed by atoms with Gasteiger partial charge in [0, 0.05) is 6.04 Å². The molecule has 1 heterocycles. The van der Waals surface area contributed by atoms with Gasteiger partial charge in [-0.15, -0.1) is 0 Å². The first-order chi connectivity index (χ1) is 5.75. The first kappa shape index (κ1) is 10.0. The summed E-state index contributed by atoms with van der Waals surface area (Å²) in [6.45, 7) is 8.25. The number of rotatable bonds is 3. The summed E-state index contributed by atoms with van der Waals surface area (Å²) in [4.78, 5) is 0. The van der Waals surface area contributed by atoms with Gasteiger partial charge in [-0.3, -0.25) is 0 Å². The highest BCUT2D eigenvalue weighted by molar-refractivity contribution is 4.82. The van der Waals surface area contributed by atoms with Gasteiger partial charge < -0.3 is 5.32 Å². The molecule has 0 spiro atoms. The molecule has 1 heteroatoms. The molecule has 1 fully saturated rings. The van der Waals surface area contributed by atoms with E-state index in [9.17, 15) is 0 Å². The lowest BCUT2D eigenvalue weighted by atomic mass is 9.80. The second kappa shape index (κ2) is 4.86. The van der Waals surface area contributed by atoms with Gasteiger partial charge in [0.25, 0.3) is 0 Å². The van der Waals surface area contributed by atoms with E-state index in [0.29, 0.717) is 0 Å². The van der Waals surface area contributed by atoms with Crippen molar-refractivity contribution in [3.05, 3.63) is 0 Å². The van der Waals surface area contributed by atoms with Gasteiger partial charge in [0.15, 0.2) is 0 Å². The molecule has 1 aliphatic rings. The molecule has 2 atom stereocenters. The molecule has 0 aliphatic carbocycles. The third kappa shape index (κ3) is 2.48. The maximum atomic E-state index is 3.65. The van der Waals surface area contributed by atoms with Crippen LogP contribution >= 0.6 is 0 Å². The molecule has 12 heavy (non-hydrogen) atoms. The van der Waals surface area contributed by atoms with Crippen molar-refractivity contribution >= 4 is 0 Å². The van der Waals surface area contributed by atoms with Gasteiger partial charge in [-0.25, -0.2) is 0 Å². The van der Waals surface area contributed by atoms with Gasteiger partial charge in [0.2, 0.25) is 0 Å². The largest absolute Gasteiger partial charge is 0.314 e. The van der Waals surface area contributed by atoms with Crippen LogP contribution in [0.3, 0.4) is 0 Å². The van der Waals surface area contributed by atoms with E-state index in [1.54, 1.807) is 0 Å². The molecule has 0 aromatic rings. The molecule has 0 aromatic carbocycles. The van der Waals surface area contributed by atoms with Gasteiger partial charge in [-0.05, 0) is 37.6 Å². The molecular weight excluding hydrogens is 146 g/mol. The predicted octanol–water partition coefficient (Wildman–Crippen LogP) is 2.81. The fourth-order valence-corrected chi connectivity index (χ4v) is 2.40. The number of hydrogen-bond acceptors (Lipinski definition) is 1. The molecule has 0 saturated carbocycles. The van der Waals surface area contributed by atoms with Crippen molar-refractivity contribution in [3.63, 3.8) is 0 Å². The zero-order valence-electron chi connectivity index (χ0n) is 8.77. The first-order valence-corrected chi connectivity index (χ1v) is 5.49. The maximum absolute atomic E-state index is 3.65. The lowest BCUT2D eigenvalue weighted by Gasteiger charge is -2.35. The highest BCUT2D eigenvalue weighted by atomic mass is 14.9. The van der Waals surface area contributed by atoms with Crippen molar-refractivity contribution in [1.29, 1.82) is 0 Å². The van der Waals surface area contributed by atoms with Crippen molar-refractivity contribution in [3.8, 4) is 0 Å². The molecule has 2 unspecified atom stereocenters. The van der Waals surface area contributed by atoms with Crippen molar-refractivity contribution < 1.29 is 0 Å². The summed E-state index contributed by atoms with van der Waals surface area (Å²) in [5.74, 6) is 1.79. The van der Waals surface area contributed by atoms with Crippen molar-refractivity contribution in [2.75, 3.05) is 6.54 Å². The van der Waals surface area contributed by atoms with Crippen LogP contribution in [0.5, 0.6) is 0 Å². The number of piperidine rings is 1. The quantitative estimate of drug-likeness (QED) is 0.685. The average molecular weight is 169 g/mol. The van der Waals surface area contributed by atoms with E-state index in [4.69, 9.17) is 0 Å². The van der Waals surface area contributed by atoms with Crippen molar-refractivity contribution in [2.45, 2.75) is 52.5 Å². The smallest absolute Gasteiger partial charge is 0.00976 e. The van der Waals surface area contributed by atoms with E-state index in [-0.39, 0.29) is 0 Å². The van der Waals surface area contributed by atoms with Crippen molar-refractivity contribution in [1.82, 2.24) is 5.32 Å². The Morgan fingerprint density at radius 1 is 1.42 bits per heavy atom. The first-order valence-electron chi connectivity index (χ1n) is 5.49. The molecule has 1 rings (SSSR count). The average Bonchev–Trinajstić information content (AvgIpc) is 2.05. The lowest BCUT2D eigenvalue weighted by molar-refractivity contribution is 0.208. The van der Waals surface area contributed by atoms with Gasteiger partial charge >= 0.3 is 0 Å². The molecule has 1 N–H and O–H groups in total. The zero-order chi connectivity index (χ0) is 8.97. The van der Waals surface area contributed by atoms with Gasteiger partial charge in [-0.2, -0.15) is 0 Å². The van der Waals surface area contributed by atoms with Crippen LogP contribution in [0.25, 0.3) is 0 Å². The van der Waals surface area contributed by atoms with Crippen LogP contribution in [-0.2, 0) is 0 Å². The van der Waals surface area contributed by atoms with Crippen LogP contribution in [0.15, 0.2) is 0 Å². The number of nitrogens with one attached hydrogen (secondary N) is 1. The Balaban J connectivity index is 2.42. The van der Waals surface area contributed by atoms with Gasteiger partial charge in [0.05, 0.1) is 0 Å². The summed E-state index contributed by atoms with van der Waals surface area (Å²) in [5, 5.41) is 3.65. The van der Waals surface area contributed by atoms with E-state index in [2.05, 4.69) is 26.1 Å². The van der Waals surface area contributed by atoms with Crippen LogP contribution < -0.4 is 5.32 Å². The van der Waals surface area contributed by atoms with Crippen LogP contribution in [0, 0.1) is 11.8 Å². The molecule has 72 valence electrons. The minimum atomic E-state index is 0.809. The summed E-state index contributed by atoms with van der Waals surface area (Å²) in [6, 6.07) is 0.809. The van der Waals surface area contributed by atoms with Gasteiger partial charge in [0.1, 0.15) is 0 Å². The Hall–Kier alpha value is -0.0400. The summed E-state index contributed by atoms with van der Waals surface area (Å²) in [6.07, 6.45) is 5.50. The summed E-state index contributed by atoms with van der Waals surface area (Å²) < 4.78 is 0. The predicted molar refractivity (Wildman–Crippen MR) is 54.3 cm³/mol. The summed E-state index contributed by atoms with van der Waals surface area (Å²) in [5.41, 5.74) is 0. The second-order valence-electron chi connectivity index (χ2n) is 4.40. The monoisotopic (exact) mass is 169 g/mol. The Bertz CT molecular complexity index is 118. The molecule has 1 nitrogen and oxygen atoms in total. The third-order valence-electron chi connectivity index (χ3n) is 3.09. The topological polar surface area (TPSA) is 12.0 Å². The van der Waals surface area contributed by atoms with Crippen LogP contribution in [0.4, 0.5) is 0 Å². The van der Waals surface area contributed by atoms with E-state index < -0.39 is 0 Å². The van der Waals surface area contributed by atoms with Crippen LogP contribution in [-0.4, -0.2) is 12.6 Å². The summed E-state index contributed by atoms with van der Waals surface area (Å²) >= 11 is 0. The minimum Gasteiger partial charge on any atom is -0.314 e. The second-order valence-corrected chi connectivity index (χ2v) is 4.40. The Kier molecular flexibility index (Phi) is 4.07. The van der Waals surface area contributed by atoms with E-state index in [1.807, 2.05) is 0 Å². The van der Waals surface area contributed by atoms with E-state index in [0.717, 1.165) is 17.9 Å². The normalized spacial score (nSPS) is 31.0. The van der Waals surface area contributed by atoms with Crippen molar-refractivity contribution in [2.24, 2.45) is 11.8 Å². The lowest BCUT2D eigenvalue weighted by Crippen LogP contribution is -2.43.